The molecule has 0 amide bonds. The Balaban J connectivity index is 2.49. The van der Waals surface area contributed by atoms with Crippen LogP contribution in [0.2, 0.25) is 0 Å². The van der Waals surface area contributed by atoms with E-state index in [-0.39, 0.29) is 0 Å². The van der Waals surface area contributed by atoms with Gasteiger partial charge in [-0.15, -0.1) is 0 Å². The molecule has 0 unspecified atom stereocenters. The number of aryl methyl sites for hydroxylation is 1. The zero-order valence-electron chi connectivity index (χ0n) is 12.2. The van der Waals surface area contributed by atoms with Crippen molar-refractivity contribution >= 4 is 5.97 Å². The summed E-state index contributed by atoms with van der Waals surface area (Å²) in [5, 5.41) is 9.33. The lowest BCUT2D eigenvalue weighted by molar-refractivity contribution is -0.142. The van der Waals surface area contributed by atoms with Gasteiger partial charge in [-0.2, -0.15) is 0 Å². The van der Waals surface area contributed by atoms with Gasteiger partial charge in [-0.05, 0) is 38.3 Å². The Morgan fingerprint density at radius 2 is 1.81 bits per heavy atom. The first-order valence-electron chi connectivity index (χ1n) is 6.55. The zero-order valence-corrected chi connectivity index (χ0v) is 12.2. The Labute approximate surface area is 123 Å². The minimum Gasteiger partial charge on any atom is -0.481 e. The number of carboxylic acid groups (broad SMARTS) is 1. The van der Waals surface area contributed by atoms with Gasteiger partial charge >= 0.3 is 5.97 Å². The summed E-state index contributed by atoms with van der Waals surface area (Å²) in [5.41, 5.74) is 1.59. The summed E-state index contributed by atoms with van der Waals surface area (Å²) < 4.78 is 0. The number of carbonyl (C=O) groups is 1. The first-order valence-corrected chi connectivity index (χ1v) is 6.55. The molecule has 0 aliphatic heterocycles. The molecule has 2 rings (SSSR count). The molecule has 21 heavy (non-hydrogen) atoms. The maximum atomic E-state index is 11.4. The smallest absolute Gasteiger partial charge is 0.315 e. The SMILES string of the molecule is Cc1ccccc1C#Cc1nccnc1C(C)(C)C(=O)O. The van der Waals surface area contributed by atoms with Gasteiger partial charge < -0.3 is 5.11 Å². The molecule has 0 spiro atoms. The maximum absolute atomic E-state index is 11.4. The quantitative estimate of drug-likeness (QED) is 0.859. The number of nitrogens with zero attached hydrogens (tertiary/aromatic N) is 2. The average Bonchev–Trinajstić information content (AvgIpc) is 2.46. The summed E-state index contributed by atoms with van der Waals surface area (Å²) in [6.45, 7) is 5.17. The Hall–Kier alpha value is -2.67. The van der Waals surface area contributed by atoms with E-state index in [0.29, 0.717) is 11.4 Å². The fourth-order valence-electron chi connectivity index (χ4n) is 1.83. The standard InChI is InChI=1S/C17H16N2O2/c1-12-6-4-5-7-13(12)8-9-14-15(19-11-10-18-14)17(2,3)16(20)21/h4-7,10-11H,1-3H3,(H,20,21). The second-order valence-corrected chi connectivity index (χ2v) is 5.25. The van der Waals surface area contributed by atoms with E-state index in [1.54, 1.807) is 13.8 Å². The molecule has 0 aliphatic rings. The second kappa shape index (κ2) is 5.76. The highest BCUT2D eigenvalue weighted by atomic mass is 16.4. The number of benzene rings is 1. The van der Waals surface area contributed by atoms with Gasteiger partial charge in [0, 0.05) is 18.0 Å². The summed E-state index contributed by atoms with van der Waals surface area (Å²) in [6, 6.07) is 7.75. The van der Waals surface area contributed by atoms with Crippen LogP contribution in [0.3, 0.4) is 0 Å². The molecule has 1 heterocycles. The van der Waals surface area contributed by atoms with Crippen LogP contribution in [-0.2, 0) is 10.2 Å². The molecule has 106 valence electrons. The summed E-state index contributed by atoms with van der Waals surface area (Å²) in [6.07, 6.45) is 3.00. The minimum atomic E-state index is -1.13. The lowest BCUT2D eigenvalue weighted by Crippen LogP contribution is -2.31. The molecule has 1 aromatic heterocycles. The van der Waals surface area contributed by atoms with Crippen molar-refractivity contribution in [3.05, 3.63) is 59.2 Å². The highest BCUT2D eigenvalue weighted by Gasteiger charge is 2.33. The number of hydrogen-bond acceptors (Lipinski definition) is 3. The Bertz CT molecular complexity index is 740. The second-order valence-electron chi connectivity index (χ2n) is 5.25. The Kier molecular flexibility index (Phi) is 4.04. The third kappa shape index (κ3) is 3.09. The van der Waals surface area contributed by atoms with Crippen LogP contribution in [0.5, 0.6) is 0 Å². The lowest BCUT2D eigenvalue weighted by atomic mass is 9.88. The van der Waals surface area contributed by atoms with E-state index in [0.717, 1.165) is 11.1 Å². The molecule has 1 N–H and O–H groups in total. The Morgan fingerprint density at radius 1 is 1.14 bits per heavy atom. The fraction of sp³-hybridized carbons (Fsp3) is 0.235. The topological polar surface area (TPSA) is 63.1 Å². The van der Waals surface area contributed by atoms with Crippen LogP contribution in [0.15, 0.2) is 36.7 Å². The number of aliphatic carboxylic acids is 1. The molecule has 0 atom stereocenters. The van der Waals surface area contributed by atoms with Crippen molar-refractivity contribution in [2.75, 3.05) is 0 Å². The van der Waals surface area contributed by atoms with Crippen LogP contribution in [0, 0.1) is 18.8 Å². The number of carboxylic acids is 1. The normalized spacial score (nSPS) is 10.6. The predicted molar refractivity (Wildman–Crippen MR) is 79.9 cm³/mol. The molecule has 0 saturated heterocycles. The van der Waals surface area contributed by atoms with E-state index in [9.17, 15) is 9.90 Å². The Morgan fingerprint density at radius 3 is 2.48 bits per heavy atom. The zero-order chi connectivity index (χ0) is 15.5. The summed E-state index contributed by atoms with van der Waals surface area (Å²) in [4.78, 5) is 19.7. The highest BCUT2D eigenvalue weighted by Crippen LogP contribution is 2.23. The molecule has 0 bridgehead atoms. The van der Waals surface area contributed by atoms with Crippen LogP contribution < -0.4 is 0 Å². The van der Waals surface area contributed by atoms with Gasteiger partial charge in [-0.1, -0.05) is 24.1 Å². The van der Waals surface area contributed by atoms with Crippen LogP contribution >= 0.6 is 0 Å². The van der Waals surface area contributed by atoms with Crippen molar-refractivity contribution in [3.8, 4) is 11.8 Å². The van der Waals surface area contributed by atoms with E-state index < -0.39 is 11.4 Å². The molecule has 4 nitrogen and oxygen atoms in total. The van der Waals surface area contributed by atoms with Crippen molar-refractivity contribution in [2.45, 2.75) is 26.2 Å². The summed E-state index contributed by atoms with van der Waals surface area (Å²) >= 11 is 0. The fourth-order valence-corrected chi connectivity index (χ4v) is 1.83. The van der Waals surface area contributed by atoms with Crippen molar-refractivity contribution < 1.29 is 9.90 Å². The van der Waals surface area contributed by atoms with Gasteiger partial charge in [0.1, 0.15) is 11.1 Å². The van der Waals surface area contributed by atoms with Crippen LogP contribution in [0.4, 0.5) is 0 Å². The molecule has 0 saturated carbocycles. The van der Waals surface area contributed by atoms with E-state index in [1.807, 2.05) is 31.2 Å². The third-order valence-electron chi connectivity index (χ3n) is 3.29. The molecule has 1 aromatic carbocycles. The first-order chi connectivity index (χ1) is 9.93. The molecule has 4 heteroatoms. The van der Waals surface area contributed by atoms with Gasteiger partial charge in [0.25, 0.3) is 0 Å². The number of hydrogen-bond donors (Lipinski definition) is 1. The van der Waals surface area contributed by atoms with Crippen molar-refractivity contribution in [1.29, 1.82) is 0 Å². The van der Waals surface area contributed by atoms with Crippen LogP contribution in [0.25, 0.3) is 0 Å². The van der Waals surface area contributed by atoms with Crippen LogP contribution in [-0.4, -0.2) is 21.0 Å². The molecule has 2 aromatic rings. The monoisotopic (exact) mass is 280 g/mol. The molecular weight excluding hydrogens is 264 g/mol. The maximum Gasteiger partial charge on any atom is 0.315 e. The largest absolute Gasteiger partial charge is 0.481 e. The first kappa shape index (κ1) is 14.7. The van der Waals surface area contributed by atoms with E-state index in [4.69, 9.17) is 0 Å². The van der Waals surface area contributed by atoms with E-state index in [2.05, 4.69) is 21.8 Å². The van der Waals surface area contributed by atoms with E-state index >= 15 is 0 Å². The molecule has 0 fully saturated rings. The van der Waals surface area contributed by atoms with Gasteiger partial charge in [-0.3, -0.25) is 9.78 Å². The lowest BCUT2D eigenvalue weighted by Gasteiger charge is -2.18. The molecule has 0 aliphatic carbocycles. The van der Waals surface area contributed by atoms with Crippen LogP contribution in [0.1, 0.15) is 36.4 Å². The molecular formula is C17H16N2O2. The van der Waals surface area contributed by atoms with Crippen molar-refractivity contribution in [1.82, 2.24) is 9.97 Å². The number of rotatable bonds is 2. The molecule has 0 radical (unpaired) electrons. The van der Waals surface area contributed by atoms with Gasteiger partial charge in [-0.25, -0.2) is 4.98 Å². The number of aromatic nitrogens is 2. The van der Waals surface area contributed by atoms with Gasteiger partial charge in [0.05, 0.1) is 5.69 Å². The minimum absolute atomic E-state index is 0.374. The van der Waals surface area contributed by atoms with E-state index in [1.165, 1.54) is 12.4 Å². The highest BCUT2D eigenvalue weighted by molar-refractivity contribution is 5.80. The summed E-state index contributed by atoms with van der Waals surface area (Å²) in [5.74, 6) is 5.02. The predicted octanol–water partition coefficient (Wildman–Crippen LogP) is 2.55. The van der Waals surface area contributed by atoms with Gasteiger partial charge in [0.15, 0.2) is 0 Å². The van der Waals surface area contributed by atoms with Gasteiger partial charge in [0.2, 0.25) is 0 Å². The van der Waals surface area contributed by atoms with Crippen molar-refractivity contribution in [3.63, 3.8) is 0 Å². The summed E-state index contributed by atoms with van der Waals surface area (Å²) in [7, 11) is 0. The van der Waals surface area contributed by atoms with Crippen molar-refractivity contribution in [2.24, 2.45) is 0 Å². The third-order valence-corrected chi connectivity index (χ3v) is 3.29. The average molecular weight is 280 g/mol.